The van der Waals surface area contributed by atoms with Crippen molar-refractivity contribution in [3.8, 4) is 0 Å². The summed E-state index contributed by atoms with van der Waals surface area (Å²) in [4.78, 5) is 2.46. The maximum Gasteiger partial charge on any atom is 0.0101 e. The highest BCUT2D eigenvalue weighted by Gasteiger charge is 2.40. The first-order valence-corrected chi connectivity index (χ1v) is 6.76. The lowest BCUT2D eigenvalue weighted by molar-refractivity contribution is 0.209. The van der Waals surface area contributed by atoms with Crippen LogP contribution in [-0.4, -0.2) is 37.1 Å². The first-order valence-electron chi connectivity index (χ1n) is 6.76. The SMILES string of the molecule is CN1CCC(N[C@@H]2C[C@@H]3CC[C@@H]2C3)CC1. The molecule has 3 aliphatic rings. The molecule has 0 aromatic heterocycles. The highest BCUT2D eigenvalue weighted by atomic mass is 15.1. The van der Waals surface area contributed by atoms with Crippen molar-refractivity contribution in [1.29, 1.82) is 0 Å². The molecule has 2 heteroatoms. The van der Waals surface area contributed by atoms with Crippen molar-refractivity contribution in [2.45, 2.75) is 50.6 Å². The van der Waals surface area contributed by atoms with Crippen molar-refractivity contribution in [2.75, 3.05) is 20.1 Å². The van der Waals surface area contributed by atoms with Gasteiger partial charge in [-0.1, -0.05) is 6.42 Å². The van der Waals surface area contributed by atoms with E-state index in [4.69, 9.17) is 0 Å². The molecule has 0 aromatic rings. The Balaban J connectivity index is 1.49. The Kier molecular flexibility index (Phi) is 2.73. The lowest BCUT2D eigenvalue weighted by atomic mass is 9.93. The number of nitrogens with one attached hydrogen (secondary N) is 1. The molecule has 0 unspecified atom stereocenters. The molecule has 86 valence electrons. The van der Waals surface area contributed by atoms with Crippen molar-refractivity contribution in [2.24, 2.45) is 11.8 Å². The summed E-state index contributed by atoms with van der Waals surface area (Å²) in [5.41, 5.74) is 0. The van der Waals surface area contributed by atoms with E-state index < -0.39 is 0 Å². The van der Waals surface area contributed by atoms with E-state index in [9.17, 15) is 0 Å². The molecule has 2 bridgehead atoms. The van der Waals surface area contributed by atoms with E-state index in [1.165, 1.54) is 51.6 Å². The van der Waals surface area contributed by atoms with Crippen LogP contribution in [0.4, 0.5) is 0 Å². The van der Waals surface area contributed by atoms with Crippen molar-refractivity contribution < 1.29 is 0 Å². The standard InChI is InChI=1S/C13H24N2/c1-15-6-4-12(5-7-15)14-13-9-10-2-3-11(13)8-10/h10-14H,2-9H2,1H3/t10-,11-,13-/m1/s1. The highest BCUT2D eigenvalue weighted by Crippen LogP contribution is 2.44. The smallest absolute Gasteiger partial charge is 0.0101 e. The first-order chi connectivity index (χ1) is 7.31. The number of hydrogen-bond acceptors (Lipinski definition) is 2. The summed E-state index contributed by atoms with van der Waals surface area (Å²) < 4.78 is 0. The van der Waals surface area contributed by atoms with Crippen molar-refractivity contribution in [3.63, 3.8) is 0 Å². The van der Waals surface area contributed by atoms with Gasteiger partial charge < -0.3 is 10.2 Å². The van der Waals surface area contributed by atoms with Crippen LogP contribution in [0.25, 0.3) is 0 Å². The Morgan fingerprint density at radius 2 is 1.80 bits per heavy atom. The van der Waals surface area contributed by atoms with E-state index >= 15 is 0 Å². The van der Waals surface area contributed by atoms with Crippen LogP contribution in [0.5, 0.6) is 0 Å². The molecule has 0 radical (unpaired) electrons. The Morgan fingerprint density at radius 3 is 2.40 bits per heavy atom. The van der Waals surface area contributed by atoms with Gasteiger partial charge in [0.1, 0.15) is 0 Å². The zero-order valence-corrected chi connectivity index (χ0v) is 9.91. The van der Waals surface area contributed by atoms with Gasteiger partial charge in [0.05, 0.1) is 0 Å². The molecule has 1 saturated heterocycles. The maximum atomic E-state index is 3.94. The molecule has 1 aliphatic heterocycles. The predicted octanol–water partition coefficient (Wildman–Crippen LogP) is 1.86. The Morgan fingerprint density at radius 1 is 1.00 bits per heavy atom. The molecule has 1 N–H and O–H groups in total. The van der Waals surface area contributed by atoms with Gasteiger partial charge in [0, 0.05) is 12.1 Å². The van der Waals surface area contributed by atoms with Gasteiger partial charge in [0.2, 0.25) is 0 Å². The second kappa shape index (κ2) is 4.06. The summed E-state index contributed by atoms with van der Waals surface area (Å²) >= 11 is 0. The summed E-state index contributed by atoms with van der Waals surface area (Å²) in [6, 6.07) is 1.71. The van der Waals surface area contributed by atoms with Gasteiger partial charge in [-0.2, -0.15) is 0 Å². The third kappa shape index (κ3) is 2.07. The van der Waals surface area contributed by atoms with Gasteiger partial charge in [-0.05, 0) is 64.1 Å². The monoisotopic (exact) mass is 208 g/mol. The summed E-state index contributed by atoms with van der Waals surface area (Å²) in [5.74, 6) is 2.12. The zero-order valence-electron chi connectivity index (χ0n) is 9.91. The molecule has 0 amide bonds. The average molecular weight is 208 g/mol. The van der Waals surface area contributed by atoms with Crippen molar-refractivity contribution >= 4 is 0 Å². The van der Waals surface area contributed by atoms with Crippen LogP contribution in [0.3, 0.4) is 0 Å². The van der Waals surface area contributed by atoms with Gasteiger partial charge in [-0.25, -0.2) is 0 Å². The number of piperidine rings is 1. The average Bonchev–Trinajstić information content (AvgIpc) is 2.83. The molecule has 1 heterocycles. The molecular weight excluding hydrogens is 184 g/mol. The minimum absolute atomic E-state index is 0.825. The minimum Gasteiger partial charge on any atom is -0.311 e. The van der Waals surface area contributed by atoms with Crippen LogP contribution in [0.2, 0.25) is 0 Å². The molecular formula is C13H24N2. The Labute approximate surface area is 93.4 Å². The molecule has 3 fully saturated rings. The molecule has 3 atom stereocenters. The van der Waals surface area contributed by atoms with Crippen LogP contribution in [-0.2, 0) is 0 Å². The van der Waals surface area contributed by atoms with Gasteiger partial charge in [0.25, 0.3) is 0 Å². The fraction of sp³-hybridized carbons (Fsp3) is 1.00. The number of fused-ring (bicyclic) bond motifs is 2. The largest absolute Gasteiger partial charge is 0.311 e. The van der Waals surface area contributed by atoms with E-state index in [1.54, 1.807) is 0 Å². The summed E-state index contributed by atoms with van der Waals surface area (Å²) in [6.45, 7) is 2.58. The normalized spacial score (nSPS) is 42.6. The van der Waals surface area contributed by atoms with Crippen LogP contribution in [0, 0.1) is 11.8 Å². The van der Waals surface area contributed by atoms with Gasteiger partial charge in [-0.15, -0.1) is 0 Å². The molecule has 0 aromatic carbocycles. The van der Waals surface area contributed by atoms with E-state index in [-0.39, 0.29) is 0 Å². The van der Waals surface area contributed by atoms with Crippen LogP contribution in [0.15, 0.2) is 0 Å². The quantitative estimate of drug-likeness (QED) is 0.745. The fourth-order valence-electron chi connectivity index (χ4n) is 3.93. The molecule has 0 spiro atoms. The third-order valence-corrected chi connectivity index (χ3v) is 4.91. The topological polar surface area (TPSA) is 15.3 Å². The lowest BCUT2D eigenvalue weighted by Crippen LogP contribution is -2.46. The lowest BCUT2D eigenvalue weighted by Gasteiger charge is -2.34. The van der Waals surface area contributed by atoms with Crippen LogP contribution < -0.4 is 5.32 Å². The highest BCUT2D eigenvalue weighted by molar-refractivity contribution is 4.95. The van der Waals surface area contributed by atoms with Crippen molar-refractivity contribution in [3.05, 3.63) is 0 Å². The number of nitrogens with zero attached hydrogens (tertiary/aromatic N) is 1. The summed E-state index contributed by atoms with van der Waals surface area (Å²) in [7, 11) is 2.24. The van der Waals surface area contributed by atoms with E-state index in [0.29, 0.717) is 0 Å². The zero-order chi connectivity index (χ0) is 10.3. The van der Waals surface area contributed by atoms with Gasteiger partial charge in [-0.3, -0.25) is 0 Å². The molecule has 15 heavy (non-hydrogen) atoms. The molecule has 3 rings (SSSR count). The van der Waals surface area contributed by atoms with Gasteiger partial charge in [0.15, 0.2) is 0 Å². The molecule has 2 saturated carbocycles. The van der Waals surface area contributed by atoms with Crippen molar-refractivity contribution in [1.82, 2.24) is 10.2 Å². The third-order valence-electron chi connectivity index (χ3n) is 4.91. The second-order valence-corrected chi connectivity index (χ2v) is 6.03. The Hall–Kier alpha value is -0.0800. The molecule has 2 aliphatic carbocycles. The number of hydrogen-bond donors (Lipinski definition) is 1. The maximum absolute atomic E-state index is 3.94. The minimum atomic E-state index is 0.825. The van der Waals surface area contributed by atoms with Gasteiger partial charge >= 0.3 is 0 Å². The van der Waals surface area contributed by atoms with E-state index in [2.05, 4.69) is 17.3 Å². The van der Waals surface area contributed by atoms with Crippen LogP contribution >= 0.6 is 0 Å². The van der Waals surface area contributed by atoms with Crippen LogP contribution in [0.1, 0.15) is 38.5 Å². The number of likely N-dealkylation sites (tertiary alicyclic amines) is 1. The number of rotatable bonds is 2. The summed E-state index contributed by atoms with van der Waals surface area (Å²) in [6.07, 6.45) is 8.78. The predicted molar refractivity (Wildman–Crippen MR) is 62.9 cm³/mol. The van der Waals surface area contributed by atoms with E-state index in [0.717, 1.165) is 23.9 Å². The second-order valence-electron chi connectivity index (χ2n) is 6.03. The molecule has 2 nitrogen and oxygen atoms in total. The fourth-order valence-corrected chi connectivity index (χ4v) is 3.93. The Bertz CT molecular complexity index is 221. The summed E-state index contributed by atoms with van der Waals surface area (Å²) in [5, 5.41) is 3.94. The van der Waals surface area contributed by atoms with E-state index in [1.807, 2.05) is 0 Å². The first kappa shape index (κ1) is 10.1.